The standard InChI is InChI=1S/C19H25N3O5S/c1-19(15-6-4-3-5-7-15)14-17(24)22(18(19)25)9-8-16(23)20-10-12-21(13-11-20)28(2,26)27/h3-7H,8-14H2,1-2H3/t19-/m0/s1. The monoisotopic (exact) mass is 407 g/mol. The van der Waals surface area contributed by atoms with Crippen LogP contribution in [0.25, 0.3) is 0 Å². The number of nitrogens with zero attached hydrogens (tertiary/aromatic N) is 3. The van der Waals surface area contributed by atoms with Gasteiger partial charge in [0.25, 0.3) is 0 Å². The normalized spacial score (nSPS) is 24.1. The van der Waals surface area contributed by atoms with Gasteiger partial charge < -0.3 is 4.90 Å². The van der Waals surface area contributed by atoms with Crippen LogP contribution in [0.15, 0.2) is 30.3 Å². The van der Waals surface area contributed by atoms with Crippen molar-refractivity contribution in [2.24, 2.45) is 0 Å². The molecule has 28 heavy (non-hydrogen) atoms. The number of benzene rings is 1. The number of likely N-dealkylation sites (tertiary alicyclic amines) is 1. The Balaban J connectivity index is 1.58. The van der Waals surface area contributed by atoms with E-state index in [4.69, 9.17) is 0 Å². The summed E-state index contributed by atoms with van der Waals surface area (Å²) in [6.07, 6.45) is 1.29. The van der Waals surface area contributed by atoms with E-state index in [0.29, 0.717) is 13.1 Å². The van der Waals surface area contributed by atoms with Crippen molar-refractivity contribution in [3.05, 3.63) is 35.9 Å². The molecule has 0 unspecified atom stereocenters. The second kappa shape index (κ2) is 7.63. The predicted octanol–water partition coefficient (Wildman–Crippen LogP) is 0.197. The average Bonchev–Trinajstić information content (AvgIpc) is 2.89. The van der Waals surface area contributed by atoms with Gasteiger partial charge in [0.2, 0.25) is 27.7 Å². The largest absolute Gasteiger partial charge is 0.340 e. The molecule has 0 aliphatic carbocycles. The molecule has 2 aliphatic heterocycles. The van der Waals surface area contributed by atoms with Gasteiger partial charge in [0.15, 0.2) is 0 Å². The minimum atomic E-state index is -3.26. The zero-order valence-corrected chi connectivity index (χ0v) is 16.9. The molecule has 0 N–H and O–H groups in total. The number of hydrogen-bond acceptors (Lipinski definition) is 5. The number of imide groups is 1. The Labute approximate surface area is 165 Å². The van der Waals surface area contributed by atoms with Crippen molar-refractivity contribution in [3.63, 3.8) is 0 Å². The lowest BCUT2D eigenvalue weighted by Gasteiger charge is -2.33. The molecule has 0 spiro atoms. The minimum Gasteiger partial charge on any atom is -0.340 e. The van der Waals surface area contributed by atoms with Gasteiger partial charge in [-0.3, -0.25) is 19.3 Å². The zero-order valence-electron chi connectivity index (χ0n) is 16.1. The Kier molecular flexibility index (Phi) is 5.58. The van der Waals surface area contributed by atoms with Gasteiger partial charge in [-0.1, -0.05) is 30.3 Å². The second-order valence-corrected chi connectivity index (χ2v) is 9.50. The Morgan fingerprint density at radius 2 is 1.68 bits per heavy atom. The lowest BCUT2D eigenvalue weighted by molar-refractivity contribution is -0.140. The predicted molar refractivity (Wildman–Crippen MR) is 103 cm³/mol. The number of amides is 3. The van der Waals surface area contributed by atoms with E-state index in [9.17, 15) is 22.8 Å². The highest BCUT2D eigenvalue weighted by molar-refractivity contribution is 7.88. The first-order valence-corrected chi connectivity index (χ1v) is 11.1. The molecule has 3 amide bonds. The highest BCUT2D eigenvalue weighted by atomic mass is 32.2. The summed E-state index contributed by atoms with van der Waals surface area (Å²) in [5.74, 6) is -0.730. The second-order valence-electron chi connectivity index (χ2n) is 7.52. The summed E-state index contributed by atoms with van der Waals surface area (Å²) in [6, 6.07) is 9.19. The van der Waals surface area contributed by atoms with Gasteiger partial charge >= 0.3 is 0 Å². The molecule has 0 aromatic heterocycles. The lowest BCUT2D eigenvalue weighted by atomic mass is 9.81. The van der Waals surface area contributed by atoms with Crippen molar-refractivity contribution < 1.29 is 22.8 Å². The SMILES string of the molecule is C[C@@]1(c2ccccc2)CC(=O)N(CCC(=O)N2CCN(S(C)(=O)=O)CC2)C1=O. The molecule has 9 heteroatoms. The number of carbonyl (C=O) groups excluding carboxylic acids is 3. The topological polar surface area (TPSA) is 95.1 Å². The molecule has 8 nitrogen and oxygen atoms in total. The van der Waals surface area contributed by atoms with Crippen molar-refractivity contribution in [3.8, 4) is 0 Å². The number of rotatable bonds is 5. The van der Waals surface area contributed by atoms with Crippen LogP contribution in [0.1, 0.15) is 25.3 Å². The molecule has 1 aromatic carbocycles. The van der Waals surface area contributed by atoms with Gasteiger partial charge in [-0.05, 0) is 12.5 Å². The van der Waals surface area contributed by atoms with E-state index < -0.39 is 15.4 Å². The van der Waals surface area contributed by atoms with Crippen LogP contribution >= 0.6 is 0 Å². The number of hydrogen-bond donors (Lipinski definition) is 0. The first kappa shape index (κ1) is 20.5. The van der Waals surface area contributed by atoms with E-state index in [2.05, 4.69) is 0 Å². The van der Waals surface area contributed by atoms with Crippen molar-refractivity contribution in [1.82, 2.24) is 14.1 Å². The molecule has 0 bridgehead atoms. The molecule has 2 saturated heterocycles. The Bertz CT molecular complexity index is 878. The maximum Gasteiger partial charge on any atom is 0.240 e. The Morgan fingerprint density at radius 1 is 1.07 bits per heavy atom. The smallest absolute Gasteiger partial charge is 0.240 e. The van der Waals surface area contributed by atoms with Crippen LogP contribution in [0, 0.1) is 0 Å². The maximum atomic E-state index is 12.9. The zero-order chi connectivity index (χ0) is 20.5. The quantitative estimate of drug-likeness (QED) is 0.650. The fourth-order valence-electron chi connectivity index (χ4n) is 3.78. The molecule has 0 radical (unpaired) electrons. The third kappa shape index (κ3) is 3.95. The average molecular weight is 407 g/mol. The van der Waals surface area contributed by atoms with Crippen LogP contribution in [0.2, 0.25) is 0 Å². The first-order chi connectivity index (χ1) is 13.1. The van der Waals surface area contributed by atoms with E-state index in [-0.39, 0.29) is 50.2 Å². The Hall–Kier alpha value is -2.26. The molecule has 1 aromatic rings. The summed E-state index contributed by atoms with van der Waals surface area (Å²) in [7, 11) is -3.26. The van der Waals surface area contributed by atoms with Gasteiger partial charge in [0, 0.05) is 45.6 Å². The summed E-state index contributed by atoms with van der Waals surface area (Å²) in [5, 5.41) is 0. The van der Waals surface area contributed by atoms with Crippen molar-refractivity contribution in [2.45, 2.75) is 25.2 Å². The number of piperazine rings is 1. The van der Waals surface area contributed by atoms with Gasteiger partial charge in [-0.25, -0.2) is 8.42 Å². The molecule has 2 fully saturated rings. The molecule has 152 valence electrons. The van der Waals surface area contributed by atoms with E-state index in [1.807, 2.05) is 30.3 Å². The van der Waals surface area contributed by atoms with E-state index in [0.717, 1.165) is 11.8 Å². The summed E-state index contributed by atoms with van der Waals surface area (Å²) in [5.41, 5.74) is -0.109. The fraction of sp³-hybridized carbons (Fsp3) is 0.526. The summed E-state index contributed by atoms with van der Waals surface area (Å²) in [6.45, 7) is 2.96. The maximum absolute atomic E-state index is 12.9. The van der Waals surface area contributed by atoms with Crippen LogP contribution in [-0.2, 0) is 29.8 Å². The van der Waals surface area contributed by atoms with Crippen LogP contribution in [0.4, 0.5) is 0 Å². The van der Waals surface area contributed by atoms with Crippen LogP contribution in [0.3, 0.4) is 0 Å². The lowest BCUT2D eigenvalue weighted by Crippen LogP contribution is -2.50. The highest BCUT2D eigenvalue weighted by Crippen LogP contribution is 2.36. The summed E-state index contributed by atoms with van der Waals surface area (Å²) >= 11 is 0. The van der Waals surface area contributed by atoms with Crippen molar-refractivity contribution >= 4 is 27.7 Å². The van der Waals surface area contributed by atoms with Gasteiger partial charge in [-0.15, -0.1) is 0 Å². The minimum absolute atomic E-state index is 0.0429. The Morgan fingerprint density at radius 3 is 2.25 bits per heavy atom. The highest BCUT2D eigenvalue weighted by Gasteiger charge is 2.49. The van der Waals surface area contributed by atoms with Crippen molar-refractivity contribution in [2.75, 3.05) is 39.0 Å². The fourth-order valence-corrected chi connectivity index (χ4v) is 4.60. The number of sulfonamides is 1. The van der Waals surface area contributed by atoms with Crippen LogP contribution < -0.4 is 0 Å². The molecular weight excluding hydrogens is 382 g/mol. The van der Waals surface area contributed by atoms with Gasteiger partial charge in [0.1, 0.15) is 0 Å². The molecule has 3 rings (SSSR count). The van der Waals surface area contributed by atoms with E-state index in [1.165, 1.54) is 9.21 Å². The van der Waals surface area contributed by atoms with E-state index >= 15 is 0 Å². The molecule has 1 atom stereocenters. The molecule has 0 saturated carbocycles. The van der Waals surface area contributed by atoms with Gasteiger partial charge in [0.05, 0.1) is 11.7 Å². The van der Waals surface area contributed by atoms with E-state index in [1.54, 1.807) is 11.8 Å². The van der Waals surface area contributed by atoms with Crippen molar-refractivity contribution in [1.29, 1.82) is 0 Å². The molecule has 2 aliphatic rings. The third-order valence-electron chi connectivity index (χ3n) is 5.54. The summed E-state index contributed by atoms with van der Waals surface area (Å²) in [4.78, 5) is 40.5. The molecular formula is C19H25N3O5S. The van der Waals surface area contributed by atoms with Gasteiger partial charge in [-0.2, -0.15) is 4.31 Å². The van der Waals surface area contributed by atoms with Crippen LogP contribution in [0.5, 0.6) is 0 Å². The number of carbonyl (C=O) groups is 3. The molecule has 2 heterocycles. The third-order valence-corrected chi connectivity index (χ3v) is 6.85. The first-order valence-electron chi connectivity index (χ1n) is 9.26. The van der Waals surface area contributed by atoms with Crippen LogP contribution in [-0.4, -0.2) is 79.2 Å². The summed E-state index contributed by atoms with van der Waals surface area (Å²) < 4.78 is 24.4.